The summed E-state index contributed by atoms with van der Waals surface area (Å²) in [7, 11) is 2.86. The third-order valence-corrected chi connectivity index (χ3v) is 2.54. The Balaban J connectivity index is 2.53. The Morgan fingerprint density at radius 3 is 2.47 bits per heavy atom. The van der Waals surface area contributed by atoms with Gasteiger partial charge < -0.3 is 0 Å². The Hall–Kier alpha value is -0.970. The van der Waals surface area contributed by atoms with Gasteiger partial charge in [-0.1, -0.05) is 5.57 Å². The summed E-state index contributed by atoms with van der Waals surface area (Å²) in [4.78, 5) is 16.0. The van der Waals surface area contributed by atoms with Gasteiger partial charge in [-0.15, -0.1) is 0 Å². The molecule has 0 aliphatic heterocycles. The van der Waals surface area contributed by atoms with E-state index in [2.05, 4.69) is 4.84 Å². The number of alkyl halides is 2. The van der Waals surface area contributed by atoms with E-state index in [1.54, 1.807) is 0 Å². The zero-order chi connectivity index (χ0) is 11.5. The second kappa shape index (κ2) is 4.70. The Labute approximate surface area is 87.6 Å². The fourth-order valence-corrected chi connectivity index (χ4v) is 1.44. The number of hydroxylamine groups is 2. The molecule has 0 bridgehead atoms. The second-order valence-corrected chi connectivity index (χ2v) is 3.68. The van der Waals surface area contributed by atoms with E-state index in [1.165, 1.54) is 20.2 Å². The van der Waals surface area contributed by atoms with Crippen molar-refractivity contribution in [1.29, 1.82) is 0 Å². The molecule has 1 amide bonds. The van der Waals surface area contributed by atoms with E-state index in [4.69, 9.17) is 0 Å². The van der Waals surface area contributed by atoms with Crippen LogP contribution < -0.4 is 0 Å². The normalized spacial score (nSPS) is 19.9. The van der Waals surface area contributed by atoms with Gasteiger partial charge in [-0.25, -0.2) is 13.8 Å². The number of carbonyl (C=O) groups excluding carboxylic acids is 1. The van der Waals surface area contributed by atoms with Crippen LogP contribution in [0, 0.1) is 0 Å². The van der Waals surface area contributed by atoms with Gasteiger partial charge in [0.2, 0.25) is 5.92 Å². The molecule has 0 N–H and O–H groups in total. The molecule has 15 heavy (non-hydrogen) atoms. The number of rotatable bonds is 2. The lowest BCUT2D eigenvalue weighted by Crippen LogP contribution is -2.25. The van der Waals surface area contributed by atoms with E-state index in [1.807, 2.05) is 0 Å². The van der Waals surface area contributed by atoms with Crippen LogP contribution >= 0.6 is 0 Å². The van der Waals surface area contributed by atoms with Crippen molar-refractivity contribution < 1.29 is 18.4 Å². The fraction of sp³-hybridized carbons (Fsp3) is 0.700. The molecule has 0 atom stereocenters. The van der Waals surface area contributed by atoms with Crippen molar-refractivity contribution in [2.24, 2.45) is 0 Å². The fourth-order valence-electron chi connectivity index (χ4n) is 1.44. The summed E-state index contributed by atoms with van der Waals surface area (Å²) in [6.45, 7) is 0. The molecule has 0 unspecified atom stereocenters. The molecule has 3 nitrogen and oxygen atoms in total. The van der Waals surface area contributed by atoms with Crippen LogP contribution in [-0.4, -0.2) is 31.1 Å². The molecule has 0 radical (unpaired) electrons. The number of hydrogen-bond acceptors (Lipinski definition) is 2. The van der Waals surface area contributed by atoms with Crippen molar-refractivity contribution in [2.45, 2.75) is 31.6 Å². The molecular weight excluding hydrogens is 204 g/mol. The van der Waals surface area contributed by atoms with Crippen LogP contribution in [0.1, 0.15) is 25.7 Å². The lowest BCUT2D eigenvalue weighted by atomic mass is 9.91. The summed E-state index contributed by atoms with van der Waals surface area (Å²) in [6, 6.07) is 0. The molecule has 0 aromatic heterocycles. The highest BCUT2D eigenvalue weighted by Gasteiger charge is 2.32. The minimum absolute atomic E-state index is 0.164. The van der Waals surface area contributed by atoms with Gasteiger partial charge in [-0.05, 0) is 12.8 Å². The van der Waals surface area contributed by atoms with Gasteiger partial charge in [0.15, 0.2) is 0 Å². The lowest BCUT2D eigenvalue weighted by molar-refractivity contribution is -0.162. The highest BCUT2D eigenvalue weighted by atomic mass is 19.3. The molecule has 1 saturated carbocycles. The first-order valence-electron chi connectivity index (χ1n) is 4.84. The molecule has 0 aromatic carbocycles. The molecule has 5 heteroatoms. The number of nitrogens with zero attached hydrogens (tertiary/aromatic N) is 1. The summed E-state index contributed by atoms with van der Waals surface area (Å²) in [5.74, 6) is -2.87. The van der Waals surface area contributed by atoms with Crippen molar-refractivity contribution in [1.82, 2.24) is 5.06 Å². The number of carbonyl (C=O) groups is 1. The molecule has 1 rings (SSSR count). The summed E-state index contributed by atoms with van der Waals surface area (Å²) in [6.07, 6.45) is 1.64. The lowest BCUT2D eigenvalue weighted by Gasteiger charge is -2.23. The molecule has 0 spiro atoms. The SMILES string of the molecule is CON(C)C(=O)C=C1CCC(F)(F)CC1. The highest BCUT2D eigenvalue weighted by Crippen LogP contribution is 2.35. The van der Waals surface area contributed by atoms with Crippen LogP contribution in [0.4, 0.5) is 8.78 Å². The number of likely N-dealkylation sites (N-methyl/N-ethyl adjacent to an activating group) is 1. The van der Waals surface area contributed by atoms with Gasteiger partial charge in [-0.3, -0.25) is 9.63 Å². The minimum Gasteiger partial charge on any atom is -0.274 e. The van der Waals surface area contributed by atoms with Crippen molar-refractivity contribution in [3.63, 3.8) is 0 Å². The first-order valence-corrected chi connectivity index (χ1v) is 4.84. The first-order chi connectivity index (χ1) is 6.94. The molecule has 1 fully saturated rings. The first kappa shape index (κ1) is 12.1. The summed E-state index contributed by atoms with van der Waals surface area (Å²) >= 11 is 0. The van der Waals surface area contributed by atoms with E-state index in [9.17, 15) is 13.6 Å². The van der Waals surface area contributed by atoms with Gasteiger partial charge >= 0.3 is 0 Å². The van der Waals surface area contributed by atoms with Crippen molar-refractivity contribution >= 4 is 5.91 Å². The van der Waals surface area contributed by atoms with Gasteiger partial charge in [-0.2, -0.15) is 0 Å². The zero-order valence-electron chi connectivity index (χ0n) is 8.93. The van der Waals surface area contributed by atoms with Crippen molar-refractivity contribution in [3.05, 3.63) is 11.6 Å². The average Bonchev–Trinajstić information content (AvgIpc) is 2.20. The van der Waals surface area contributed by atoms with Gasteiger partial charge in [0.25, 0.3) is 5.91 Å². The molecular formula is C10H15F2NO2. The molecule has 0 aromatic rings. The molecule has 1 aliphatic carbocycles. The van der Waals surface area contributed by atoms with Crippen LogP contribution in [0.5, 0.6) is 0 Å². The van der Waals surface area contributed by atoms with Crippen LogP contribution in [0.15, 0.2) is 11.6 Å². The second-order valence-electron chi connectivity index (χ2n) is 3.68. The summed E-state index contributed by atoms with van der Waals surface area (Å²) < 4.78 is 25.6. The third kappa shape index (κ3) is 3.58. The van der Waals surface area contributed by atoms with Crippen LogP contribution in [-0.2, 0) is 9.63 Å². The summed E-state index contributed by atoms with van der Waals surface area (Å²) in [5.41, 5.74) is 0.773. The molecule has 0 heterocycles. The minimum atomic E-state index is -2.56. The standard InChI is InChI=1S/C10H15F2NO2/c1-13(15-2)9(14)7-8-3-5-10(11,12)6-4-8/h7H,3-6H2,1-2H3. The maximum atomic E-state index is 12.8. The largest absolute Gasteiger partial charge is 0.274 e. The molecule has 0 saturated heterocycles. The van der Waals surface area contributed by atoms with Crippen molar-refractivity contribution in [2.75, 3.05) is 14.2 Å². The third-order valence-electron chi connectivity index (χ3n) is 2.54. The van der Waals surface area contributed by atoms with E-state index in [-0.39, 0.29) is 31.6 Å². The average molecular weight is 219 g/mol. The Kier molecular flexibility index (Phi) is 3.79. The number of allylic oxidation sites excluding steroid dienone is 1. The highest BCUT2D eigenvalue weighted by molar-refractivity contribution is 5.87. The number of amides is 1. The van der Waals surface area contributed by atoms with Gasteiger partial charge in [0.05, 0.1) is 7.11 Å². The van der Waals surface area contributed by atoms with Crippen LogP contribution in [0.2, 0.25) is 0 Å². The molecule has 86 valence electrons. The van der Waals surface area contributed by atoms with E-state index in [0.29, 0.717) is 0 Å². The van der Waals surface area contributed by atoms with E-state index >= 15 is 0 Å². The van der Waals surface area contributed by atoms with Crippen molar-refractivity contribution in [3.8, 4) is 0 Å². The molecule has 1 aliphatic rings. The quantitative estimate of drug-likeness (QED) is 0.526. The van der Waals surface area contributed by atoms with E-state index < -0.39 is 5.92 Å². The maximum absolute atomic E-state index is 12.8. The van der Waals surface area contributed by atoms with Crippen LogP contribution in [0.3, 0.4) is 0 Å². The Morgan fingerprint density at radius 2 is 2.00 bits per heavy atom. The Morgan fingerprint density at radius 1 is 1.47 bits per heavy atom. The number of hydrogen-bond donors (Lipinski definition) is 0. The summed E-state index contributed by atoms with van der Waals surface area (Å²) in [5, 5.41) is 1.07. The smallest absolute Gasteiger partial charge is 0.269 e. The zero-order valence-corrected chi connectivity index (χ0v) is 8.93. The number of halogens is 2. The predicted octanol–water partition coefficient (Wildman–Crippen LogP) is 2.14. The monoisotopic (exact) mass is 219 g/mol. The predicted molar refractivity (Wildman–Crippen MR) is 51.3 cm³/mol. The maximum Gasteiger partial charge on any atom is 0.269 e. The van der Waals surface area contributed by atoms with Gasteiger partial charge in [0.1, 0.15) is 0 Å². The van der Waals surface area contributed by atoms with Gasteiger partial charge in [0, 0.05) is 26.0 Å². The van der Waals surface area contributed by atoms with E-state index in [0.717, 1.165) is 10.6 Å². The topological polar surface area (TPSA) is 29.5 Å². The van der Waals surface area contributed by atoms with Crippen LogP contribution in [0.25, 0.3) is 0 Å². The Bertz CT molecular complexity index is 265.